The Hall–Kier alpha value is -1.06. The molecule has 0 saturated carbocycles. The third-order valence-corrected chi connectivity index (χ3v) is 5.42. The Morgan fingerprint density at radius 3 is 2.77 bits per heavy atom. The molecule has 0 aliphatic carbocycles. The first-order valence-electron chi connectivity index (χ1n) is 11.0. The molecule has 1 saturated heterocycles. The van der Waals surface area contributed by atoms with Crippen LogP contribution < -0.4 is 15.4 Å². The van der Waals surface area contributed by atoms with Crippen molar-refractivity contribution in [1.29, 1.82) is 0 Å². The smallest absolute Gasteiger partial charge is 0.191 e. The number of hydrogen-bond donors (Lipinski definition) is 2. The highest BCUT2D eigenvalue weighted by Crippen LogP contribution is 2.20. The molecule has 1 aromatic rings. The summed E-state index contributed by atoms with van der Waals surface area (Å²) in [5.74, 6) is 2.42. The number of nitrogens with zero attached hydrogens (tertiary/aromatic N) is 2. The summed E-state index contributed by atoms with van der Waals surface area (Å²) >= 11 is 0. The van der Waals surface area contributed by atoms with Gasteiger partial charge in [-0.05, 0) is 64.6 Å². The van der Waals surface area contributed by atoms with Gasteiger partial charge in [0.2, 0.25) is 0 Å². The number of aliphatic imine (C=N–C) groups is 1. The van der Waals surface area contributed by atoms with Gasteiger partial charge in [0, 0.05) is 44.9 Å². The number of piperidine rings is 1. The van der Waals surface area contributed by atoms with Gasteiger partial charge in [-0.15, -0.1) is 24.0 Å². The molecule has 1 unspecified atom stereocenters. The van der Waals surface area contributed by atoms with E-state index in [1.807, 2.05) is 14.0 Å². The summed E-state index contributed by atoms with van der Waals surface area (Å²) in [6.07, 6.45) is 2.56. The number of benzene rings is 1. The molecule has 1 heterocycles. The maximum atomic E-state index is 5.94. The molecule has 172 valence electrons. The van der Waals surface area contributed by atoms with E-state index < -0.39 is 0 Å². The molecule has 7 heteroatoms. The fourth-order valence-electron chi connectivity index (χ4n) is 3.67. The predicted octanol–water partition coefficient (Wildman–Crippen LogP) is 3.81. The van der Waals surface area contributed by atoms with E-state index in [1.54, 1.807) is 0 Å². The van der Waals surface area contributed by atoms with Crippen molar-refractivity contribution in [3.8, 4) is 5.75 Å². The third-order valence-electron chi connectivity index (χ3n) is 5.42. The minimum Gasteiger partial charge on any atom is -0.491 e. The van der Waals surface area contributed by atoms with Crippen LogP contribution in [0.3, 0.4) is 0 Å². The van der Waals surface area contributed by atoms with Crippen molar-refractivity contribution in [2.24, 2.45) is 10.9 Å². The molecule has 2 N–H and O–H groups in total. The number of hydrogen-bond acceptors (Lipinski definition) is 4. The average molecular weight is 533 g/mol. The van der Waals surface area contributed by atoms with E-state index in [9.17, 15) is 0 Å². The minimum atomic E-state index is 0. The lowest BCUT2D eigenvalue weighted by Crippen LogP contribution is -2.46. The zero-order valence-electron chi connectivity index (χ0n) is 19.4. The minimum absolute atomic E-state index is 0. The zero-order valence-corrected chi connectivity index (χ0v) is 21.7. The molecule has 6 nitrogen and oxygen atoms in total. The van der Waals surface area contributed by atoms with Gasteiger partial charge in [-0.3, -0.25) is 4.99 Å². The van der Waals surface area contributed by atoms with Crippen LogP contribution in [0.5, 0.6) is 5.75 Å². The molecule has 0 aromatic heterocycles. The van der Waals surface area contributed by atoms with E-state index in [-0.39, 0.29) is 24.0 Å². The van der Waals surface area contributed by atoms with Gasteiger partial charge in [0.1, 0.15) is 12.4 Å². The maximum Gasteiger partial charge on any atom is 0.191 e. The highest BCUT2D eigenvalue weighted by Gasteiger charge is 2.21. The van der Waals surface area contributed by atoms with E-state index in [0.29, 0.717) is 38.3 Å². The summed E-state index contributed by atoms with van der Waals surface area (Å²) in [7, 11) is 1.82. The van der Waals surface area contributed by atoms with E-state index >= 15 is 0 Å². The molecule has 1 atom stereocenters. The normalized spacial score (nSPS) is 17.5. The van der Waals surface area contributed by atoms with Gasteiger partial charge >= 0.3 is 0 Å². The molecule has 1 aliphatic heterocycles. The number of guanidine groups is 1. The molecule has 1 fully saturated rings. The first kappa shape index (κ1) is 27.0. The second kappa shape index (κ2) is 14.9. The Labute approximate surface area is 200 Å². The lowest BCUT2D eigenvalue weighted by Gasteiger charge is -2.35. The quantitative estimate of drug-likeness (QED) is 0.208. The first-order valence-corrected chi connectivity index (χ1v) is 11.0. The van der Waals surface area contributed by atoms with Gasteiger partial charge in [-0.25, -0.2) is 0 Å². The summed E-state index contributed by atoms with van der Waals surface area (Å²) in [5.41, 5.74) is 2.31. The molecule has 1 aliphatic rings. The highest BCUT2D eigenvalue weighted by atomic mass is 127. The fraction of sp³-hybridized carbons (Fsp3) is 0.696. The Balaban J connectivity index is 0.00000450. The number of likely N-dealkylation sites (tertiary alicyclic amines) is 1. The van der Waals surface area contributed by atoms with Crippen LogP contribution >= 0.6 is 24.0 Å². The second-order valence-corrected chi connectivity index (χ2v) is 8.06. The summed E-state index contributed by atoms with van der Waals surface area (Å²) in [5, 5.41) is 6.95. The van der Waals surface area contributed by atoms with Crippen LogP contribution in [0.25, 0.3) is 0 Å². The fourth-order valence-corrected chi connectivity index (χ4v) is 3.67. The average Bonchev–Trinajstić information content (AvgIpc) is 2.72. The SMILES string of the molecule is CCOCCOc1cc(C)ccc1CNC(=NC)NCC1CCCN(C(C)C)C1.I. The number of halogens is 1. The molecule has 1 aromatic carbocycles. The zero-order chi connectivity index (χ0) is 21.1. The van der Waals surface area contributed by atoms with Crippen LogP contribution in [0.15, 0.2) is 23.2 Å². The maximum absolute atomic E-state index is 5.94. The summed E-state index contributed by atoms with van der Waals surface area (Å²) in [6.45, 7) is 14.5. The van der Waals surface area contributed by atoms with Crippen molar-refractivity contribution in [2.75, 3.05) is 46.5 Å². The lowest BCUT2D eigenvalue weighted by molar-refractivity contribution is 0.110. The molecule has 0 spiro atoms. The number of rotatable bonds is 10. The van der Waals surface area contributed by atoms with Crippen molar-refractivity contribution in [2.45, 2.75) is 53.1 Å². The second-order valence-electron chi connectivity index (χ2n) is 8.06. The monoisotopic (exact) mass is 532 g/mol. The molecule has 0 bridgehead atoms. The standard InChI is InChI=1S/C23H40N4O2.HI/c1-6-28-12-13-29-22-14-19(4)9-10-21(22)16-26-23(24-5)25-15-20-8-7-11-27(17-20)18(2)3;/h9-10,14,18,20H,6-8,11-13,15-17H2,1-5H3,(H2,24,25,26);1H. The Morgan fingerprint density at radius 1 is 1.27 bits per heavy atom. The van der Waals surface area contributed by atoms with Crippen LogP contribution in [0.2, 0.25) is 0 Å². The molecule has 2 rings (SSSR count). The van der Waals surface area contributed by atoms with Gasteiger partial charge in [-0.2, -0.15) is 0 Å². The third kappa shape index (κ3) is 9.39. The number of nitrogens with one attached hydrogen (secondary N) is 2. The molecular formula is C23H41IN4O2. The Kier molecular flexibility index (Phi) is 13.4. The summed E-state index contributed by atoms with van der Waals surface area (Å²) < 4.78 is 11.3. The Morgan fingerprint density at radius 2 is 2.07 bits per heavy atom. The lowest BCUT2D eigenvalue weighted by atomic mass is 9.97. The van der Waals surface area contributed by atoms with Crippen LogP contribution in [0.4, 0.5) is 0 Å². The molecule has 0 radical (unpaired) electrons. The highest BCUT2D eigenvalue weighted by molar-refractivity contribution is 14.0. The van der Waals surface area contributed by atoms with E-state index in [2.05, 4.69) is 59.5 Å². The van der Waals surface area contributed by atoms with E-state index in [0.717, 1.165) is 30.4 Å². The van der Waals surface area contributed by atoms with Crippen LogP contribution in [-0.4, -0.2) is 63.4 Å². The van der Waals surface area contributed by atoms with Crippen molar-refractivity contribution >= 4 is 29.9 Å². The van der Waals surface area contributed by atoms with Crippen molar-refractivity contribution in [3.63, 3.8) is 0 Å². The van der Waals surface area contributed by atoms with Crippen LogP contribution in [-0.2, 0) is 11.3 Å². The molecular weight excluding hydrogens is 491 g/mol. The van der Waals surface area contributed by atoms with Gasteiger partial charge < -0.3 is 25.0 Å². The largest absolute Gasteiger partial charge is 0.491 e. The van der Waals surface area contributed by atoms with E-state index in [4.69, 9.17) is 9.47 Å². The predicted molar refractivity (Wildman–Crippen MR) is 136 cm³/mol. The van der Waals surface area contributed by atoms with Crippen molar-refractivity contribution in [3.05, 3.63) is 29.3 Å². The van der Waals surface area contributed by atoms with Gasteiger partial charge in [0.25, 0.3) is 0 Å². The van der Waals surface area contributed by atoms with Crippen molar-refractivity contribution < 1.29 is 9.47 Å². The van der Waals surface area contributed by atoms with Gasteiger partial charge in [0.15, 0.2) is 5.96 Å². The number of aryl methyl sites for hydroxylation is 1. The topological polar surface area (TPSA) is 58.1 Å². The summed E-state index contributed by atoms with van der Waals surface area (Å²) in [6, 6.07) is 6.94. The van der Waals surface area contributed by atoms with Crippen molar-refractivity contribution in [1.82, 2.24) is 15.5 Å². The van der Waals surface area contributed by atoms with Crippen LogP contribution in [0.1, 0.15) is 44.7 Å². The summed E-state index contributed by atoms with van der Waals surface area (Å²) in [4.78, 5) is 6.97. The van der Waals surface area contributed by atoms with Crippen LogP contribution in [0, 0.1) is 12.8 Å². The Bertz CT molecular complexity index is 640. The molecule has 30 heavy (non-hydrogen) atoms. The van der Waals surface area contributed by atoms with E-state index in [1.165, 1.54) is 24.9 Å². The van der Waals surface area contributed by atoms with Gasteiger partial charge in [-0.1, -0.05) is 12.1 Å². The first-order chi connectivity index (χ1) is 14.0. The number of ether oxygens (including phenoxy) is 2. The molecule has 0 amide bonds. The van der Waals surface area contributed by atoms with Gasteiger partial charge in [0.05, 0.1) is 6.61 Å².